The van der Waals surface area contributed by atoms with Crippen molar-refractivity contribution in [2.75, 3.05) is 6.54 Å². The number of para-hydroxylation sites is 1. The summed E-state index contributed by atoms with van der Waals surface area (Å²) in [6.45, 7) is -0.244. The number of hydrogen-bond acceptors (Lipinski definition) is 4. The predicted molar refractivity (Wildman–Crippen MR) is 91.2 cm³/mol. The molecule has 3 aromatic rings. The highest BCUT2D eigenvalue weighted by Gasteiger charge is 2.20. The SMILES string of the molecule is O=C(CCc1ccccc1)CNS(=O)(=O)c1cc2ccccc2o1. The van der Waals surface area contributed by atoms with Crippen molar-refractivity contribution < 1.29 is 17.6 Å². The van der Waals surface area contributed by atoms with E-state index >= 15 is 0 Å². The van der Waals surface area contributed by atoms with Gasteiger partial charge < -0.3 is 4.42 Å². The van der Waals surface area contributed by atoms with Gasteiger partial charge in [0.1, 0.15) is 11.4 Å². The molecule has 0 unspecified atom stereocenters. The third-order valence-corrected chi connectivity index (χ3v) is 4.92. The molecule has 0 aliphatic heterocycles. The first kappa shape index (κ1) is 16.4. The number of furan rings is 1. The number of carbonyl (C=O) groups excluding carboxylic acids is 1. The molecule has 0 bridgehead atoms. The quantitative estimate of drug-likeness (QED) is 0.715. The van der Waals surface area contributed by atoms with E-state index in [9.17, 15) is 13.2 Å². The standard InChI is InChI=1S/C18H17NO4S/c20-16(11-10-14-6-2-1-3-7-14)13-19-24(21,22)18-12-15-8-4-5-9-17(15)23-18/h1-9,12,19H,10-11,13H2. The zero-order valence-electron chi connectivity index (χ0n) is 12.9. The lowest BCUT2D eigenvalue weighted by molar-refractivity contribution is -0.117. The lowest BCUT2D eigenvalue weighted by Crippen LogP contribution is -2.29. The molecule has 0 saturated heterocycles. The minimum absolute atomic E-state index is 0.168. The molecule has 24 heavy (non-hydrogen) atoms. The van der Waals surface area contributed by atoms with Crippen LogP contribution in [-0.4, -0.2) is 20.7 Å². The van der Waals surface area contributed by atoms with E-state index in [0.29, 0.717) is 17.4 Å². The largest absolute Gasteiger partial charge is 0.443 e. The molecule has 0 aliphatic rings. The number of aryl methyl sites for hydroxylation is 1. The summed E-state index contributed by atoms with van der Waals surface area (Å²) in [5.41, 5.74) is 1.54. The maximum atomic E-state index is 12.2. The van der Waals surface area contributed by atoms with Crippen LogP contribution < -0.4 is 4.72 Å². The fourth-order valence-corrected chi connectivity index (χ4v) is 3.33. The lowest BCUT2D eigenvalue weighted by Gasteiger charge is -2.04. The molecule has 1 heterocycles. The van der Waals surface area contributed by atoms with Crippen LogP contribution in [0.15, 0.2) is 70.2 Å². The van der Waals surface area contributed by atoms with Crippen LogP contribution in [0.3, 0.4) is 0 Å². The highest BCUT2D eigenvalue weighted by Crippen LogP contribution is 2.22. The Bertz CT molecular complexity index is 912. The smallest absolute Gasteiger partial charge is 0.274 e. The van der Waals surface area contributed by atoms with Gasteiger partial charge in [-0.15, -0.1) is 0 Å². The lowest BCUT2D eigenvalue weighted by atomic mass is 10.1. The highest BCUT2D eigenvalue weighted by molar-refractivity contribution is 7.89. The molecule has 0 atom stereocenters. The van der Waals surface area contributed by atoms with Crippen LogP contribution in [-0.2, 0) is 21.2 Å². The van der Waals surface area contributed by atoms with Crippen molar-refractivity contribution in [1.29, 1.82) is 0 Å². The van der Waals surface area contributed by atoms with E-state index in [1.54, 1.807) is 24.3 Å². The van der Waals surface area contributed by atoms with Gasteiger partial charge in [0.25, 0.3) is 10.0 Å². The number of carbonyl (C=O) groups is 1. The Balaban J connectivity index is 1.59. The van der Waals surface area contributed by atoms with Crippen molar-refractivity contribution in [2.45, 2.75) is 17.9 Å². The number of rotatable bonds is 7. The molecule has 0 fully saturated rings. The van der Waals surface area contributed by atoms with E-state index in [-0.39, 0.29) is 23.8 Å². The summed E-state index contributed by atoms with van der Waals surface area (Å²) in [4.78, 5) is 11.9. The van der Waals surface area contributed by atoms with Gasteiger partial charge in [-0.05, 0) is 18.1 Å². The van der Waals surface area contributed by atoms with Crippen LogP contribution in [0.5, 0.6) is 0 Å². The third kappa shape index (κ3) is 3.90. The maximum Gasteiger partial charge on any atom is 0.274 e. The molecule has 2 aromatic carbocycles. The Hall–Kier alpha value is -2.44. The van der Waals surface area contributed by atoms with E-state index in [0.717, 1.165) is 5.56 Å². The second-order valence-electron chi connectivity index (χ2n) is 5.45. The minimum Gasteiger partial charge on any atom is -0.443 e. The van der Waals surface area contributed by atoms with Crippen molar-refractivity contribution in [3.05, 3.63) is 66.2 Å². The molecule has 5 nitrogen and oxygen atoms in total. The van der Waals surface area contributed by atoms with Gasteiger partial charge in [-0.2, -0.15) is 0 Å². The summed E-state index contributed by atoms with van der Waals surface area (Å²) in [7, 11) is -3.84. The van der Waals surface area contributed by atoms with Crippen molar-refractivity contribution in [2.24, 2.45) is 0 Å². The Kier molecular flexibility index (Phi) is 4.78. The summed E-state index contributed by atoms with van der Waals surface area (Å²) in [6.07, 6.45) is 0.874. The summed E-state index contributed by atoms with van der Waals surface area (Å²) < 4.78 is 32.1. The zero-order valence-corrected chi connectivity index (χ0v) is 13.8. The molecule has 0 saturated carbocycles. The van der Waals surface area contributed by atoms with E-state index in [4.69, 9.17) is 4.42 Å². The average Bonchev–Trinajstić information content (AvgIpc) is 3.04. The monoisotopic (exact) mass is 343 g/mol. The van der Waals surface area contributed by atoms with Crippen molar-refractivity contribution in [1.82, 2.24) is 4.72 Å². The highest BCUT2D eigenvalue weighted by atomic mass is 32.2. The molecule has 1 aromatic heterocycles. The fourth-order valence-electron chi connectivity index (χ4n) is 2.35. The fraction of sp³-hybridized carbons (Fsp3) is 0.167. The van der Waals surface area contributed by atoms with Crippen LogP contribution in [0.1, 0.15) is 12.0 Å². The van der Waals surface area contributed by atoms with Crippen LogP contribution in [0.4, 0.5) is 0 Å². The van der Waals surface area contributed by atoms with Gasteiger partial charge in [-0.25, -0.2) is 13.1 Å². The third-order valence-electron chi connectivity index (χ3n) is 3.66. The predicted octanol–water partition coefficient (Wildman–Crippen LogP) is 2.91. The molecule has 0 aliphatic carbocycles. The molecule has 0 radical (unpaired) electrons. The molecule has 124 valence electrons. The molecule has 0 amide bonds. The van der Waals surface area contributed by atoms with Crippen molar-refractivity contribution in [3.63, 3.8) is 0 Å². The summed E-state index contributed by atoms with van der Waals surface area (Å²) in [5, 5.41) is 0.521. The average molecular weight is 343 g/mol. The Morgan fingerprint density at radius 2 is 1.71 bits per heavy atom. The molecular weight excluding hydrogens is 326 g/mol. The number of ketones is 1. The molecule has 1 N–H and O–H groups in total. The number of fused-ring (bicyclic) bond motifs is 1. The van der Waals surface area contributed by atoms with Crippen LogP contribution in [0.25, 0.3) is 11.0 Å². The van der Waals surface area contributed by atoms with Gasteiger partial charge in [0.2, 0.25) is 5.09 Å². The van der Waals surface area contributed by atoms with E-state index in [2.05, 4.69) is 4.72 Å². The Morgan fingerprint density at radius 3 is 2.46 bits per heavy atom. The normalized spacial score (nSPS) is 11.7. The maximum absolute atomic E-state index is 12.2. The van der Waals surface area contributed by atoms with Gasteiger partial charge in [-0.3, -0.25) is 4.79 Å². The molecule has 0 spiro atoms. The topological polar surface area (TPSA) is 76.4 Å². The van der Waals surface area contributed by atoms with Crippen LogP contribution in [0.2, 0.25) is 0 Å². The first-order chi connectivity index (χ1) is 11.5. The summed E-state index contributed by atoms with van der Waals surface area (Å²) in [6, 6.07) is 18.1. The van der Waals surface area contributed by atoms with Gasteiger partial charge >= 0.3 is 0 Å². The number of nitrogens with one attached hydrogen (secondary N) is 1. The molecule has 6 heteroatoms. The first-order valence-electron chi connectivity index (χ1n) is 7.58. The molecular formula is C18H17NO4S. The van der Waals surface area contributed by atoms with Gasteiger partial charge in [-0.1, -0.05) is 48.5 Å². The van der Waals surface area contributed by atoms with Gasteiger partial charge in [0.05, 0.1) is 6.54 Å². The minimum atomic E-state index is -3.84. The van der Waals surface area contributed by atoms with Gasteiger partial charge in [0.15, 0.2) is 0 Å². The first-order valence-corrected chi connectivity index (χ1v) is 9.07. The number of benzene rings is 2. The van der Waals surface area contributed by atoms with Crippen molar-refractivity contribution in [3.8, 4) is 0 Å². The van der Waals surface area contributed by atoms with Crippen LogP contribution in [0, 0.1) is 0 Å². The summed E-state index contributed by atoms with van der Waals surface area (Å²) >= 11 is 0. The second kappa shape index (κ2) is 6.98. The van der Waals surface area contributed by atoms with Gasteiger partial charge in [0, 0.05) is 17.9 Å². The number of Topliss-reactive ketones (excluding diaryl/α,β-unsaturated/α-hetero) is 1. The van der Waals surface area contributed by atoms with E-state index in [1.165, 1.54) is 6.07 Å². The number of sulfonamides is 1. The Labute approximate surface area is 140 Å². The second-order valence-corrected chi connectivity index (χ2v) is 7.15. The molecule has 3 rings (SSSR count). The Morgan fingerprint density at radius 1 is 1.00 bits per heavy atom. The van der Waals surface area contributed by atoms with Crippen molar-refractivity contribution >= 4 is 26.8 Å². The van der Waals surface area contributed by atoms with Crippen LogP contribution >= 0.6 is 0 Å². The van der Waals surface area contributed by atoms with E-state index in [1.807, 2.05) is 30.3 Å². The summed E-state index contributed by atoms with van der Waals surface area (Å²) in [5.74, 6) is -0.168. The zero-order chi connectivity index (χ0) is 17.0. The number of hydrogen-bond donors (Lipinski definition) is 1. The van der Waals surface area contributed by atoms with E-state index < -0.39 is 10.0 Å².